The van der Waals surface area contributed by atoms with E-state index in [1.54, 1.807) is 0 Å². The van der Waals surface area contributed by atoms with Gasteiger partial charge in [0.1, 0.15) is 5.82 Å². The second-order valence-electron chi connectivity index (χ2n) is 7.25. The van der Waals surface area contributed by atoms with Crippen LogP contribution in [-0.2, 0) is 20.1 Å². The minimum atomic E-state index is 0. The van der Waals surface area contributed by atoms with Crippen LogP contribution in [0.5, 0.6) is 0 Å². The molecule has 0 saturated carbocycles. The molecule has 0 aliphatic rings. The van der Waals surface area contributed by atoms with Gasteiger partial charge in [0, 0.05) is 45.0 Å². The highest BCUT2D eigenvalue weighted by atomic mass is 35.5. The summed E-state index contributed by atoms with van der Waals surface area (Å²) in [4.78, 5) is 2.14. The summed E-state index contributed by atoms with van der Waals surface area (Å²) >= 11 is 0. The third-order valence-electron chi connectivity index (χ3n) is 4.29. The van der Waals surface area contributed by atoms with Crippen LogP contribution >= 0.6 is 12.4 Å². The van der Waals surface area contributed by atoms with Gasteiger partial charge in [-0.1, -0.05) is 13.8 Å². The van der Waals surface area contributed by atoms with E-state index in [-0.39, 0.29) is 12.4 Å². The number of hydrogen-bond donors (Lipinski definition) is 1. The van der Waals surface area contributed by atoms with E-state index >= 15 is 0 Å². The Labute approximate surface area is 158 Å². The van der Waals surface area contributed by atoms with Crippen LogP contribution in [0.25, 0.3) is 0 Å². The molecule has 0 aliphatic heterocycles. The largest absolute Gasteiger partial charge is 0.363 e. The van der Waals surface area contributed by atoms with E-state index in [4.69, 9.17) is 5.10 Å². The quantitative estimate of drug-likeness (QED) is 0.816. The van der Waals surface area contributed by atoms with Crippen molar-refractivity contribution in [3.05, 3.63) is 28.7 Å². The van der Waals surface area contributed by atoms with Crippen LogP contribution in [0.1, 0.15) is 49.3 Å². The first-order valence-electron chi connectivity index (χ1n) is 8.68. The highest BCUT2D eigenvalue weighted by Crippen LogP contribution is 2.27. The number of nitrogens with one attached hydrogen (secondary N) is 1. The molecule has 0 aliphatic carbocycles. The fourth-order valence-electron chi connectivity index (χ4n) is 3.23. The standard InChI is InChI=1S/C18H32N6.ClH/c1-12(2)17-16(18(22(6)7)23(8)21-17)10-19-14(4)11-24-15(5)9-13(3)20-24;/h9,12,14,19H,10-11H2,1-8H3;1H. The predicted octanol–water partition coefficient (Wildman–Crippen LogP) is 3.02. The molecule has 2 rings (SSSR count). The van der Waals surface area contributed by atoms with E-state index in [9.17, 15) is 0 Å². The Balaban J connectivity index is 0.00000312. The molecule has 2 aromatic rings. The Hall–Kier alpha value is -1.53. The van der Waals surface area contributed by atoms with Crippen molar-refractivity contribution in [3.63, 3.8) is 0 Å². The number of nitrogens with zero attached hydrogens (tertiary/aromatic N) is 5. The number of halogens is 1. The average molecular weight is 369 g/mol. The molecule has 1 atom stereocenters. The summed E-state index contributed by atoms with van der Waals surface area (Å²) in [5, 5.41) is 12.9. The van der Waals surface area contributed by atoms with E-state index in [0.29, 0.717) is 12.0 Å². The van der Waals surface area contributed by atoms with Gasteiger partial charge in [-0.05, 0) is 32.8 Å². The van der Waals surface area contributed by atoms with Gasteiger partial charge in [0.2, 0.25) is 0 Å². The molecular formula is C18H33ClN6. The summed E-state index contributed by atoms with van der Waals surface area (Å²) in [6, 6.07) is 2.45. The lowest BCUT2D eigenvalue weighted by Crippen LogP contribution is -2.31. The van der Waals surface area contributed by atoms with Gasteiger partial charge in [-0.25, -0.2) is 0 Å². The number of anilines is 1. The zero-order valence-electron chi connectivity index (χ0n) is 16.8. The SMILES string of the molecule is Cc1cc(C)n(CC(C)NCc2c(C(C)C)nn(C)c2N(C)C)n1.Cl. The number of aryl methyl sites for hydroxylation is 3. The lowest BCUT2D eigenvalue weighted by Gasteiger charge is -2.19. The molecule has 25 heavy (non-hydrogen) atoms. The van der Waals surface area contributed by atoms with Crippen LogP contribution in [0.4, 0.5) is 5.82 Å². The van der Waals surface area contributed by atoms with Gasteiger partial charge in [-0.2, -0.15) is 10.2 Å². The summed E-state index contributed by atoms with van der Waals surface area (Å²) in [6.45, 7) is 12.4. The minimum Gasteiger partial charge on any atom is -0.363 e. The van der Waals surface area contributed by atoms with Crippen molar-refractivity contribution in [2.24, 2.45) is 7.05 Å². The predicted molar refractivity (Wildman–Crippen MR) is 107 cm³/mol. The fraction of sp³-hybridized carbons (Fsp3) is 0.667. The van der Waals surface area contributed by atoms with Crippen molar-refractivity contribution >= 4 is 18.2 Å². The normalized spacial score (nSPS) is 12.4. The van der Waals surface area contributed by atoms with Crippen LogP contribution in [0, 0.1) is 13.8 Å². The minimum absolute atomic E-state index is 0. The molecule has 2 heterocycles. The van der Waals surface area contributed by atoms with Crippen molar-refractivity contribution < 1.29 is 0 Å². The summed E-state index contributed by atoms with van der Waals surface area (Å²) in [6.07, 6.45) is 0. The lowest BCUT2D eigenvalue weighted by molar-refractivity contribution is 0.443. The Morgan fingerprint density at radius 3 is 2.28 bits per heavy atom. The molecule has 6 nitrogen and oxygen atoms in total. The number of aromatic nitrogens is 4. The van der Waals surface area contributed by atoms with Crippen LogP contribution in [-0.4, -0.2) is 39.7 Å². The van der Waals surface area contributed by atoms with Crippen molar-refractivity contribution in [2.75, 3.05) is 19.0 Å². The molecule has 0 fully saturated rings. The maximum Gasteiger partial charge on any atom is 0.130 e. The molecule has 1 N–H and O–H groups in total. The van der Waals surface area contributed by atoms with Crippen LogP contribution in [0.2, 0.25) is 0 Å². The molecule has 7 heteroatoms. The maximum absolute atomic E-state index is 4.73. The van der Waals surface area contributed by atoms with Gasteiger partial charge in [0.15, 0.2) is 0 Å². The van der Waals surface area contributed by atoms with Gasteiger partial charge in [0.25, 0.3) is 0 Å². The molecule has 0 radical (unpaired) electrons. The maximum atomic E-state index is 4.73. The molecular weight excluding hydrogens is 336 g/mol. The van der Waals surface area contributed by atoms with E-state index in [0.717, 1.165) is 18.8 Å². The fourth-order valence-corrected chi connectivity index (χ4v) is 3.23. The molecule has 0 amide bonds. The first-order valence-corrected chi connectivity index (χ1v) is 8.68. The van der Waals surface area contributed by atoms with Gasteiger partial charge in [0.05, 0.1) is 17.9 Å². The lowest BCUT2D eigenvalue weighted by atomic mass is 10.1. The highest BCUT2D eigenvalue weighted by molar-refractivity contribution is 5.85. The third-order valence-corrected chi connectivity index (χ3v) is 4.29. The van der Waals surface area contributed by atoms with Crippen molar-refractivity contribution in [3.8, 4) is 0 Å². The summed E-state index contributed by atoms with van der Waals surface area (Å²) in [5.41, 5.74) is 4.74. The highest BCUT2D eigenvalue weighted by Gasteiger charge is 2.20. The van der Waals surface area contributed by atoms with Gasteiger partial charge in [-0.15, -0.1) is 12.4 Å². The second-order valence-corrected chi connectivity index (χ2v) is 7.25. The van der Waals surface area contributed by atoms with Crippen molar-refractivity contribution in [1.29, 1.82) is 0 Å². The monoisotopic (exact) mass is 368 g/mol. The molecule has 0 saturated heterocycles. The van der Waals surface area contributed by atoms with Crippen LogP contribution in [0.3, 0.4) is 0 Å². The molecule has 0 spiro atoms. The summed E-state index contributed by atoms with van der Waals surface area (Å²) in [7, 11) is 6.16. The topological polar surface area (TPSA) is 50.9 Å². The van der Waals surface area contributed by atoms with E-state index in [2.05, 4.69) is 67.9 Å². The molecule has 0 aromatic carbocycles. The Bertz CT molecular complexity index is 686. The van der Waals surface area contributed by atoms with Crippen molar-refractivity contribution in [1.82, 2.24) is 24.9 Å². The van der Waals surface area contributed by atoms with Crippen molar-refractivity contribution in [2.45, 2.75) is 59.7 Å². The van der Waals surface area contributed by atoms with Crippen LogP contribution < -0.4 is 10.2 Å². The first kappa shape index (κ1) is 21.5. The van der Waals surface area contributed by atoms with Crippen LogP contribution in [0.15, 0.2) is 6.07 Å². The first-order chi connectivity index (χ1) is 11.2. The van der Waals surface area contributed by atoms with Gasteiger partial charge in [-0.3, -0.25) is 9.36 Å². The molecule has 142 valence electrons. The summed E-state index contributed by atoms with van der Waals surface area (Å²) < 4.78 is 4.06. The average Bonchev–Trinajstić information content (AvgIpc) is 2.96. The Morgan fingerprint density at radius 2 is 1.80 bits per heavy atom. The Morgan fingerprint density at radius 1 is 1.16 bits per heavy atom. The third kappa shape index (κ3) is 4.98. The number of hydrogen-bond acceptors (Lipinski definition) is 4. The van der Waals surface area contributed by atoms with Gasteiger partial charge >= 0.3 is 0 Å². The smallest absolute Gasteiger partial charge is 0.130 e. The zero-order valence-corrected chi connectivity index (χ0v) is 17.6. The zero-order chi connectivity index (χ0) is 18.0. The summed E-state index contributed by atoms with van der Waals surface area (Å²) in [5.74, 6) is 1.58. The van der Waals surface area contributed by atoms with E-state index in [1.165, 1.54) is 22.8 Å². The number of rotatable bonds is 7. The Kier molecular flexibility index (Phi) is 7.50. The molecule has 1 unspecified atom stereocenters. The van der Waals surface area contributed by atoms with E-state index in [1.807, 2.05) is 18.7 Å². The second kappa shape index (κ2) is 8.72. The molecule has 0 bridgehead atoms. The molecule has 2 aromatic heterocycles. The van der Waals surface area contributed by atoms with Gasteiger partial charge < -0.3 is 10.2 Å². The van der Waals surface area contributed by atoms with E-state index < -0.39 is 0 Å².